The van der Waals surface area contributed by atoms with Crippen molar-refractivity contribution in [3.63, 3.8) is 0 Å². The predicted octanol–water partition coefficient (Wildman–Crippen LogP) is 4.77. The third-order valence-corrected chi connectivity index (χ3v) is 5.04. The van der Waals surface area contributed by atoms with Crippen LogP contribution in [-0.4, -0.2) is 12.6 Å². The molecule has 1 aliphatic carbocycles. The topological polar surface area (TPSA) is 12.0 Å². The lowest BCUT2D eigenvalue weighted by molar-refractivity contribution is 0.198. The molecule has 1 heteroatoms. The minimum Gasteiger partial charge on any atom is -0.313 e. The highest BCUT2D eigenvalue weighted by Gasteiger charge is 2.29. The van der Waals surface area contributed by atoms with E-state index in [1.165, 1.54) is 31.2 Å². The lowest BCUT2D eigenvalue weighted by atomic mass is 9.77. The Hall–Kier alpha value is -0.820. The summed E-state index contributed by atoms with van der Waals surface area (Å²) in [5.41, 5.74) is 1.64. The Kier molecular flexibility index (Phi) is 5.26. The van der Waals surface area contributed by atoms with E-state index in [0.29, 0.717) is 6.04 Å². The fourth-order valence-electron chi connectivity index (χ4n) is 3.59. The standard InChI is InChI=1S/C19H31N/c1-15(2)17-12-8-9-13-18(17)20-14-19(3,4)16-10-6-5-7-11-16/h5-7,10-11,15,17-18,20H,8-9,12-14H2,1-4H3. The molecule has 0 aromatic heterocycles. The van der Waals surface area contributed by atoms with Crippen molar-refractivity contribution in [3.05, 3.63) is 35.9 Å². The van der Waals surface area contributed by atoms with Crippen molar-refractivity contribution in [3.8, 4) is 0 Å². The Labute approximate surface area is 125 Å². The first-order valence-electron chi connectivity index (χ1n) is 8.29. The van der Waals surface area contributed by atoms with Crippen molar-refractivity contribution in [2.45, 2.75) is 64.8 Å². The minimum absolute atomic E-state index is 0.209. The maximum Gasteiger partial charge on any atom is 0.00981 e. The van der Waals surface area contributed by atoms with Gasteiger partial charge in [0.1, 0.15) is 0 Å². The monoisotopic (exact) mass is 273 g/mol. The lowest BCUT2D eigenvalue weighted by Crippen LogP contribution is -2.45. The Bertz CT molecular complexity index is 393. The van der Waals surface area contributed by atoms with E-state index in [1.54, 1.807) is 0 Å². The minimum atomic E-state index is 0.209. The van der Waals surface area contributed by atoms with E-state index in [1.807, 2.05) is 0 Å². The van der Waals surface area contributed by atoms with E-state index < -0.39 is 0 Å². The van der Waals surface area contributed by atoms with Crippen LogP contribution >= 0.6 is 0 Å². The quantitative estimate of drug-likeness (QED) is 0.815. The maximum atomic E-state index is 3.89. The summed E-state index contributed by atoms with van der Waals surface area (Å²) in [5.74, 6) is 1.66. The van der Waals surface area contributed by atoms with Gasteiger partial charge in [-0.25, -0.2) is 0 Å². The van der Waals surface area contributed by atoms with Crippen molar-refractivity contribution < 1.29 is 0 Å². The molecule has 1 aliphatic rings. The van der Waals surface area contributed by atoms with Gasteiger partial charge >= 0.3 is 0 Å². The number of benzene rings is 1. The van der Waals surface area contributed by atoms with Crippen LogP contribution in [0.3, 0.4) is 0 Å². The van der Waals surface area contributed by atoms with Crippen LogP contribution in [0.25, 0.3) is 0 Å². The number of hydrogen-bond donors (Lipinski definition) is 1. The van der Waals surface area contributed by atoms with Gasteiger partial charge in [-0.15, -0.1) is 0 Å². The van der Waals surface area contributed by atoms with Gasteiger partial charge in [0.2, 0.25) is 0 Å². The highest BCUT2D eigenvalue weighted by Crippen LogP contribution is 2.31. The van der Waals surface area contributed by atoms with Gasteiger partial charge in [-0.2, -0.15) is 0 Å². The fourth-order valence-corrected chi connectivity index (χ4v) is 3.59. The zero-order valence-corrected chi connectivity index (χ0v) is 13.7. The molecular weight excluding hydrogens is 242 g/mol. The van der Waals surface area contributed by atoms with Crippen molar-refractivity contribution in [2.75, 3.05) is 6.54 Å². The van der Waals surface area contributed by atoms with Gasteiger partial charge in [-0.1, -0.05) is 70.9 Å². The molecule has 112 valence electrons. The first-order chi connectivity index (χ1) is 9.50. The largest absolute Gasteiger partial charge is 0.313 e. The fraction of sp³-hybridized carbons (Fsp3) is 0.684. The van der Waals surface area contributed by atoms with Crippen LogP contribution in [0.1, 0.15) is 58.9 Å². The molecule has 20 heavy (non-hydrogen) atoms. The van der Waals surface area contributed by atoms with Crippen molar-refractivity contribution >= 4 is 0 Å². The summed E-state index contributed by atoms with van der Waals surface area (Å²) in [6.45, 7) is 10.5. The van der Waals surface area contributed by atoms with E-state index in [-0.39, 0.29) is 5.41 Å². The SMILES string of the molecule is CC(C)C1CCCCC1NCC(C)(C)c1ccccc1. The molecule has 1 aromatic carbocycles. The molecular formula is C19H31N. The molecule has 1 nitrogen and oxygen atoms in total. The Morgan fingerprint density at radius 2 is 1.75 bits per heavy atom. The molecule has 0 spiro atoms. The molecule has 1 saturated carbocycles. The zero-order valence-electron chi connectivity index (χ0n) is 13.7. The molecule has 2 unspecified atom stereocenters. The molecule has 0 amide bonds. The number of rotatable bonds is 5. The van der Waals surface area contributed by atoms with Crippen molar-refractivity contribution in [1.29, 1.82) is 0 Å². The van der Waals surface area contributed by atoms with E-state index in [4.69, 9.17) is 0 Å². The van der Waals surface area contributed by atoms with E-state index >= 15 is 0 Å². The third-order valence-electron chi connectivity index (χ3n) is 5.04. The van der Waals surface area contributed by atoms with E-state index in [2.05, 4.69) is 63.3 Å². The molecule has 2 atom stereocenters. The molecule has 1 fully saturated rings. The summed E-state index contributed by atoms with van der Waals surface area (Å²) in [4.78, 5) is 0. The smallest absolute Gasteiger partial charge is 0.00981 e. The Morgan fingerprint density at radius 1 is 1.10 bits per heavy atom. The molecule has 2 rings (SSSR count). The van der Waals surface area contributed by atoms with Crippen LogP contribution in [0.2, 0.25) is 0 Å². The summed E-state index contributed by atoms with van der Waals surface area (Å²) in [6.07, 6.45) is 5.57. The molecule has 0 bridgehead atoms. The van der Waals surface area contributed by atoms with Crippen LogP contribution in [0.5, 0.6) is 0 Å². The zero-order chi connectivity index (χ0) is 14.6. The molecule has 0 heterocycles. The predicted molar refractivity (Wildman–Crippen MR) is 88.1 cm³/mol. The third kappa shape index (κ3) is 3.85. The van der Waals surface area contributed by atoms with Gasteiger partial charge in [0.15, 0.2) is 0 Å². The number of nitrogens with one attached hydrogen (secondary N) is 1. The summed E-state index contributed by atoms with van der Waals surface area (Å²) >= 11 is 0. The van der Waals surface area contributed by atoms with Crippen LogP contribution < -0.4 is 5.32 Å². The van der Waals surface area contributed by atoms with E-state index in [0.717, 1.165) is 18.4 Å². The Balaban J connectivity index is 1.96. The normalized spacial score (nSPS) is 24.1. The average molecular weight is 273 g/mol. The maximum absolute atomic E-state index is 3.89. The molecule has 0 radical (unpaired) electrons. The molecule has 0 saturated heterocycles. The van der Waals surface area contributed by atoms with Crippen LogP contribution in [0.15, 0.2) is 30.3 Å². The summed E-state index contributed by atoms with van der Waals surface area (Å²) in [7, 11) is 0. The van der Waals surface area contributed by atoms with Crippen molar-refractivity contribution in [2.24, 2.45) is 11.8 Å². The Morgan fingerprint density at radius 3 is 2.40 bits per heavy atom. The van der Waals surface area contributed by atoms with Crippen LogP contribution in [0, 0.1) is 11.8 Å². The summed E-state index contributed by atoms with van der Waals surface area (Å²) < 4.78 is 0. The first kappa shape index (κ1) is 15.6. The highest BCUT2D eigenvalue weighted by atomic mass is 14.9. The van der Waals surface area contributed by atoms with Gasteiger partial charge in [0.05, 0.1) is 0 Å². The second-order valence-corrected chi connectivity index (χ2v) is 7.43. The van der Waals surface area contributed by atoms with Crippen LogP contribution in [0.4, 0.5) is 0 Å². The molecule has 1 aromatic rings. The second kappa shape index (κ2) is 6.76. The second-order valence-electron chi connectivity index (χ2n) is 7.43. The molecule has 0 aliphatic heterocycles. The van der Waals surface area contributed by atoms with Crippen molar-refractivity contribution in [1.82, 2.24) is 5.32 Å². The molecule has 1 N–H and O–H groups in total. The first-order valence-corrected chi connectivity index (χ1v) is 8.29. The number of hydrogen-bond acceptors (Lipinski definition) is 1. The van der Waals surface area contributed by atoms with E-state index in [9.17, 15) is 0 Å². The van der Waals surface area contributed by atoms with Gasteiger partial charge in [0.25, 0.3) is 0 Å². The van der Waals surface area contributed by atoms with Gasteiger partial charge in [0, 0.05) is 18.0 Å². The van der Waals surface area contributed by atoms with Gasteiger partial charge in [-0.05, 0) is 30.2 Å². The highest BCUT2D eigenvalue weighted by molar-refractivity contribution is 5.23. The van der Waals surface area contributed by atoms with Gasteiger partial charge in [-0.3, -0.25) is 0 Å². The average Bonchev–Trinajstić information content (AvgIpc) is 2.46. The summed E-state index contributed by atoms with van der Waals surface area (Å²) in [5, 5.41) is 3.89. The summed E-state index contributed by atoms with van der Waals surface area (Å²) in [6, 6.07) is 11.6. The van der Waals surface area contributed by atoms with Crippen LogP contribution in [-0.2, 0) is 5.41 Å². The lowest BCUT2D eigenvalue weighted by Gasteiger charge is -2.37. The van der Waals surface area contributed by atoms with Gasteiger partial charge < -0.3 is 5.32 Å².